The van der Waals surface area contributed by atoms with E-state index in [1.165, 1.54) is 17.4 Å². The number of benzene rings is 1. The molecular formula is C18H22FN3O2S. The molecule has 1 fully saturated rings. The summed E-state index contributed by atoms with van der Waals surface area (Å²) in [5, 5.41) is 5.31. The number of hydrogen-bond acceptors (Lipinski definition) is 5. The molecule has 1 amide bonds. The van der Waals surface area contributed by atoms with E-state index < -0.39 is 6.04 Å². The first kappa shape index (κ1) is 18.0. The zero-order valence-corrected chi connectivity index (χ0v) is 14.7. The number of nitrogens with two attached hydrogens (primary N) is 1. The van der Waals surface area contributed by atoms with Crippen molar-refractivity contribution in [2.45, 2.75) is 44.4 Å². The van der Waals surface area contributed by atoms with E-state index in [9.17, 15) is 9.18 Å². The Bertz CT molecular complexity index is 716. The minimum absolute atomic E-state index is 0.0713. The Hall–Kier alpha value is -1.83. The third kappa shape index (κ3) is 4.84. The van der Waals surface area contributed by atoms with Crippen molar-refractivity contribution in [3.63, 3.8) is 0 Å². The molecule has 2 atom stereocenters. The number of thiazole rings is 1. The van der Waals surface area contributed by atoms with Gasteiger partial charge in [0.05, 0.1) is 24.4 Å². The molecular weight excluding hydrogens is 341 g/mol. The van der Waals surface area contributed by atoms with Crippen molar-refractivity contribution in [2.75, 3.05) is 6.61 Å². The van der Waals surface area contributed by atoms with Gasteiger partial charge in [-0.05, 0) is 37.8 Å². The Morgan fingerprint density at radius 1 is 1.44 bits per heavy atom. The van der Waals surface area contributed by atoms with Gasteiger partial charge >= 0.3 is 0 Å². The van der Waals surface area contributed by atoms with E-state index in [1.807, 2.05) is 0 Å². The molecule has 1 aliphatic heterocycles. The van der Waals surface area contributed by atoms with Gasteiger partial charge in [0.15, 0.2) is 0 Å². The third-order valence-electron chi connectivity index (χ3n) is 4.24. The Morgan fingerprint density at radius 3 is 3.04 bits per heavy atom. The summed E-state index contributed by atoms with van der Waals surface area (Å²) in [6, 6.07) is 5.92. The molecule has 0 aliphatic carbocycles. The first-order chi connectivity index (χ1) is 12.1. The minimum Gasteiger partial charge on any atom is -0.378 e. The molecule has 0 radical (unpaired) electrons. The van der Waals surface area contributed by atoms with E-state index in [0.717, 1.165) is 25.9 Å². The average molecular weight is 363 g/mol. The molecule has 1 aromatic carbocycles. The van der Waals surface area contributed by atoms with Gasteiger partial charge in [0, 0.05) is 17.6 Å². The predicted molar refractivity (Wildman–Crippen MR) is 95.5 cm³/mol. The summed E-state index contributed by atoms with van der Waals surface area (Å²) in [6.07, 6.45) is 3.76. The van der Waals surface area contributed by atoms with Crippen molar-refractivity contribution < 1.29 is 13.9 Å². The highest BCUT2D eigenvalue weighted by Crippen LogP contribution is 2.24. The lowest BCUT2D eigenvalue weighted by Gasteiger charge is -2.24. The van der Waals surface area contributed by atoms with Crippen LogP contribution in [0.25, 0.3) is 11.3 Å². The third-order valence-corrected chi connectivity index (χ3v) is 5.09. The monoisotopic (exact) mass is 363 g/mol. The molecule has 3 N–H and O–H groups in total. The van der Waals surface area contributed by atoms with Crippen LogP contribution in [0, 0.1) is 5.82 Å². The molecule has 0 saturated carbocycles. The normalized spacial score (nSPS) is 18.7. The molecule has 5 nitrogen and oxygen atoms in total. The van der Waals surface area contributed by atoms with Gasteiger partial charge in [-0.15, -0.1) is 11.3 Å². The first-order valence-corrected chi connectivity index (χ1v) is 9.35. The van der Waals surface area contributed by atoms with Crippen LogP contribution in [0.3, 0.4) is 0 Å². The predicted octanol–water partition coefficient (Wildman–Crippen LogP) is 2.85. The van der Waals surface area contributed by atoms with Gasteiger partial charge in [-0.25, -0.2) is 9.37 Å². The molecule has 25 heavy (non-hydrogen) atoms. The van der Waals surface area contributed by atoms with Crippen LogP contribution in [0.4, 0.5) is 4.39 Å². The highest BCUT2D eigenvalue weighted by atomic mass is 32.1. The molecule has 0 spiro atoms. The maximum Gasteiger partial charge on any atom is 0.237 e. The number of amides is 1. The minimum atomic E-state index is -0.589. The van der Waals surface area contributed by atoms with E-state index in [-0.39, 0.29) is 24.4 Å². The topological polar surface area (TPSA) is 77.2 Å². The van der Waals surface area contributed by atoms with Gasteiger partial charge in [0.2, 0.25) is 5.91 Å². The fraction of sp³-hybridized carbons (Fsp3) is 0.444. The molecule has 3 rings (SSSR count). The number of ether oxygens (including phenoxy) is 1. The number of rotatable bonds is 6. The van der Waals surface area contributed by atoms with Gasteiger partial charge in [0.1, 0.15) is 10.8 Å². The van der Waals surface area contributed by atoms with E-state index in [4.69, 9.17) is 10.5 Å². The highest BCUT2D eigenvalue weighted by molar-refractivity contribution is 7.09. The van der Waals surface area contributed by atoms with Crippen LogP contribution in [-0.2, 0) is 16.1 Å². The Balaban J connectivity index is 1.51. The molecule has 2 heterocycles. The summed E-state index contributed by atoms with van der Waals surface area (Å²) in [5.41, 5.74) is 7.01. The van der Waals surface area contributed by atoms with Crippen molar-refractivity contribution in [2.24, 2.45) is 5.73 Å². The summed E-state index contributed by atoms with van der Waals surface area (Å²) in [7, 11) is 0. The van der Waals surface area contributed by atoms with Crippen molar-refractivity contribution in [1.82, 2.24) is 10.3 Å². The molecule has 2 unspecified atom stereocenters. The van der Waals surface area contributed by atoms with Gasteiger partial charge < -0.3 is 15.8 Å². The number of nitrogens with zero attached hydrogens (tertiary/aromatic N) is 1. The lowest BCUT2D eigenvalue weighted by molar-refractivity contribution is -0.123. The van der Waals surface area contributed by atoms with Crippen LogP contribution in [0.5, 0.6) is 0 Å². The standard InChI is InChI=1S/C18H22FN3O2S/c19-14-7-2-1-6-13(14)16-11-25-17(22-16)10-21-18(23)15(20)9-12-5-3-4-8-24-12/h1-2,6-7,11-12,15H,3-5,8-10,20H2,(H,21,23). The van der Waals surface area contributed by atoms with Crippen molar-refractivity contribution >= 4 is 17.2 Å². The van der Waals surface area contributed by atoms with Crippen LogP contribution >= 0.6 is 11.3 Å². The van der Waals surface area contributed by atoms with Gasteiger partial charge in [-0.1, -0.05) is 12.1 Å². The second kappa shape index (κ2) is 8.51. The number of nitrogens with one attached hydrogen (secondary N) is 1. The molecule has 1 aliphatic rings. The second-order valence-electron chi connectivity index (χ2n) is 6.15. The molecule has 1 saturated heterocycles. The highest BCUT2D eigenvalue weighted by Gasteiger charge is 2.22. The number of halogens is 1. The number of carbonyl (C=O) groups excluding carboxylic acids is 1. The van der Waals surface area contributed by atoms with Crippen LogP contribution in [-0.4, -0.2) is 29.6 Å². The average Bonchev–Trinajstić information content (AvgIpc) is 3.09. The summed E-state index contributed by atoms with van der Waals surface area (Å²) < 4.78 is 19.4. The second-order valence-corrected chi connectivity index (χ2v) is 7.10. The zero-order valence-electron chi connectivity index (χ0n) is 13.9. The smallest absolute Gasteiger partial charge is 0.237 e. The molecule has 0 bridgehead atoms. The van der Waals surface area contributed by atoms with Crippen molar-refractivity contribution in [3.05, 3.63) is 40.5 Å². The van der Waals surface area contributed by atoms with Gasteiger partial charge in [-0.3, -0.25) is 4.79 Å². The Morgan fingerprint density at radius 2 is 2.28 bits per heavy atom. The van der Waals surface area contributed by atoms with Crippen LogP contribution in [0.2, 0.25) is 0 Å². The quantitative estimate of drug-likeness (QED) is 0.827. The fourth-order valence-electron chi connectivity index (χ4n) is 2.86. The van der Waals surface area contributed by atoms with Crippen molar-refractivity contribution in [3.8, 4) is 11.3 Å². The lowest BCUT2D eigenvalue weighted by Crippen LogP contribution is -2.43. The maximum atomic E-state index is 13.8. The maximum absolute atomic E-state index is 13.8. The van der Waals surface area contributed by atoms with E-state index in [0.29, 0.717) is 22.7 Å². The van der Waals surface area contributed by atoms with Crippen molar-refractivity contribution in [1.29, 1.82) is 0 Å². The molecule has 7 heteroatoms. The van der Waals surface area contributed by atoms with Gasteiger partial charge in [-0.2, -0.15) is 0 Å². The number of carbonyl (C=O) groups is 1. The van der Waals surface area contributed by atoms with Crippen LogP contribution in [0.1, 0.15) is 30.7 Å². The molecule has 2 aromatic rings. The van der Waals surface area contributed by atoms with Gasteiger partial charge in [0.25, 0.3) is 0 Å². The number of aromatic nitrogens is 1. The number of hydrogen-bond donors (Lipinski definition) is 2. The molecule has 134 valence electrons. The van der Waals surface area contributed by atoms with E-state index in [2.05, 4.69) is 10.3 Å². The fourth-order valence-corrected chi connectivity index (χ4v) is 3.60. The first-order valence-electron chi connectivity index (χ1n) is 8.47. The molecule has 1 aromatic heterocycles. The van der Waals surface area contributed by atoms with Crippen LogP contribution < -0.4 is 11.1 Å². The lowest BCUT2D eigenvalue weighted by atomic mass is 10.0. The van der Waals surface area contributed by atoms with E-state index in [1.54, 1.807) is 23.6 Å². The summed E-state index contributed by atoms with van der Waals surface area (Å²) in [4.78, 5) is 16.5. The Labute approximate surface area is 150 Å². The Kier molecular flexibility index (Phi) is 6.12. The SMILES string of the molecule is NC(CC1CCCCO1)C(=O)NCc1nc(-c2ccccc2F)cs1. The largest absolute Gasteiger partial charge is 0.378 e. The summed E-state index contributed by atoms with van der Waals surface area (Å²) in [5.74, 6) is -0.519. The summed E-state index contributed by atoms with van der Waals surface area (Å²) in [6.45, 7) is 1.04. The summed E-state index contributed by atoms with van der Waals surface area (Å²) >= 11 is 1.38. The van der Waals surface area contributed by atoms with Crippen LogP contribution in [0.15, 0.2) is 29.6 Å². The van der Waals surface area contributed by atoms with E-state index >= 15 is 0 Å². The zero-order chi connectivity index (χ0) is 17.6.